The van der Waals surface area contributed by atoms with Gasteiger partial charge in [-0.2, -0.15) is 0 Å². The molecular formula is C18H24O4. The molecule has 1 aromatic carbocycles. The van der Waals surface area contributed by atoms with Crippen LogP contribution in [0.2, 0.25) is 0 Å². The van der Waals surface area contributed by atoms with Gasteiger partial charge in [0.05, 0.1) is 12.7 Å². The number of phenolic OH excluding ortho intramolecular Hbond substituents is 2. The van der Waals surface area contributed by atoms with Gasteiger partial charge < -0.3 is 20.1 Å². The molecule has 120 valence electrons. The van der Waals surface area contributed by atoms with E-state index >= 15 is 0 Å². The van der Waals surface area contributed by atoms with Crippen LogP contribution in [0.25, 0.3) is 0 Å². The van der Waals surface area contributed by atoms with Gasteiger partial charge in [-0.1, -0.05) is 18.2 Å². The Hall–Kier alpha value is -1.78. The average Bonchev–Trinajstić information content (AvgIpc) is 2.41. The van der Waals surface area contributed by atoms with E-state index in [0.717, 1.165) is 11.1 Å². The molecular weight excluding hydrogens is 280 g/mol. The predicted octanol–water partition coefficient (Wildman–Crippen LogP) is 3.23. The minimum absolute atomic E-state index is 0.0243. The Labute approximate surface area is 131 Å². The first-order valence-corrected chi connectivity index (χ1v) is 7.40. The van der Waals surface area contributed by atoms with E-state index in [9.17, 15) is 15.3 Å². The van der Waals surface area contributed by atoms with Crippen molar-refractivity contribution < 1.29 is 20.1 Å². The van der Waals surface area contributed by atoms with Gasteiger partial charge in [0, 0.05) is 18.6 Å². The van der Waals surface area contributed by atoms with Crippen LogP contribution >= 0.6 is 0 Å². The third-order valence-corrected chi connectivity index (χ3v) is 4.35. The van der Waals surface area contributed by atoms with E-state index in [-0.39, 0.29) is 23.3 Å². The number of aliphatic hydroxyl groups excluding tert-OH is 1. The van der Waals surface area contributed by atoms with E-state index in [1.165, 1.54) is 0 Å². The maximum Gasteiger partial charge on any atom is 0.123 e. The van der Waals surface area contributed by atoms with Gasteiger partial charge in [-0.15, -0.1) is 0 Å². The summed E-state index contributed by atoms with van der Waals surface area (Å²) in [7, 11) is 1.56. The van der Waals surface area contributed by atoms with Gasteiger partial charge in [0.15, 0.2) is 0 Å². The third kappa shape index (κ3) is 3.18. The minimum Gasteiger partial charge on any atom is -0.507 e. The van der Waals surface area contributed by atoms with Crippen LogP contribution in [-0.4, -0.2) is 28.5 Å². The lowest BCUT2D eigenvalue weighted by atomic mass is 9.72. The van der Waals surface area contributed by atoms with Crippen LogP contribution in [0.3, 0.4) is 0 Å². The zero-order valence-corrected chi connectivity index (χ0v) is 13.3. The fraction of sp³-hybridized carbons (Fsp3) is 0.444. The Morgan fingerprint density at radius 2 is 1.91 bits per heavy atom. The van der Waals surface area contributed by atoms with Crippen LogP contribution in [0, 0.1) is 5.92 Å². The molecule has 1 aliphatic rings. The van der Waals surface area contributed by atoms with Gasteiger partial charge in [-0.25, -0.2) is 0 Å². The Bertz CT molecular complexity index is 580. The topological polar surface area (TPSA) is 69.9 Å². The molecule has 0 heterocycles. The highest BCUT2D eigenvalue weighted by molar-refractivity contribution is 5.52. The lowest BCUT2D eigenvalue weighted by Crippen LogP contribution is -2.26. The third-order valence-electron chi connectivity index (χ3n) is 4.35. The number of hydrogen-bond donors (Lipinski definition) is 3. The van der Waals surface area contributed by atoms with E-state index < -0.39 is 6.10 Å². The maximum absolute atomic E-state index is 10.4. The summed E-state index contributed by atoms with van der Waals surface area (Å²) in [6.07, 6.45) is 1.95. The van der Waals surface area contributed by atoms with E-state index in [1.807, 2.05) is 19.9 Å². The fourth-order valence-corrected chi connectivity index (χ4v) is 3.15. The molecule has 0 spiro atoms. The molecule has 0 radical (unpaired) electrons. The second-order valence-electron chi connectivity index (χ2n) is 6.12. The van der Waals surface area contributed by atoms with Gasteiger partial charge in [-0.05, 0) is 49.5 Å². The minimum atomic E-state index is -0.505. The first-order chi connectivity index (χ1) is 10.3. The maximum atomic E-state index is 10.4. The number of benzene rings is 1. The highest BCUT2D eigenvalue weighted by Gasteiger charge is 2.33. The van der Waals surface area contributed by atoms with Crippen LogP contribution in [0.1, 0.15) is 37.3 Å². The van der Waals surface area contributed by atoms with E-state index in [0.29, 0.717) is 24.2 Å². The Kier molecular flexibility index (Phi) is 4.94. The molecule has 0 saturated heterocycles. The molecule has 0 saturated carbocycles. The second-order valence-corrected chi connectivity index (χ2v) is 6.12. The number of aromatic hydroxyl groups is 2. The van der Waals surface area contributed by atoms with E-state index in [4.69, 9.17) is 4.74 Å². The van der Waals surface area contributed by atoms with Crippen LogP contribution in [0.4, 0.5) is 0 Å². The molecule has 0 fully saturated rings. The molecule has 1 aromatic rings. The molecule has 3 N–H and O–H groups in total. The van der Waals surface area contributed by atoms with Crippen LogP contribution in [0.5, 0.6) is 11.5 Å². The molecule has 0 aliphatic heterocycles. The zero-order chi connectivity index (χ0) is 16.4. The number of ether oxygens (including phenoxy) is 1. The molecule has 0 amide bonds. The molecule has 4 nitrogen and oxygen atoms in total. The Balaban J connectivity index is 2.50. The molecule has 22 heavy (non-hydrogen) atoms. The molecule has 2 rings (SSSR count). The fourth-order valence-electron chi connectivity index (χ4n) is 3.15. The molecule has 3 atom stereocenters. The molecule has 0 unspecified atom stereocenters. The highest BCUT2D eigenvalue weighted by Crippen LogP contribution is 2.46. The van der Waals surface area contributed by atoms with E-state index in [2.05, 4.69) is 6.58 Å². The number of allylic oxidation sites excluding steroid dienone is 2. The quantitative estimate of drug-likeness (QED) is 0.747. The SMILES string of the molecule is C=C(C)[C@@H]1C[C@H](O)C(C)=C[C@H]1c1c(O)cc(COC)cc1O. The van der Waals surface area contributed by atoms with Crippen LogP contribution < -0.4 is 0 Å². The summed E-state index contributed by atoms with van der Waals surface area (Å²) >= 11 is 0. The largest absolute Gasteiger partial charge is 0.507 e. The molecule has 0 bridgehead atoms. The summed E-state index contributed by atoms with van der Waals surface area (Å²) in [5.74, 6) is -0.131. The number of rotatable bonds is 4. The van der Waals surface area contributed by atoms with Crippen molar-refractivity contribution in [3.63, 3.8) is 0 Å². The number of hydrogen-bond acceptors (Lipinski definition) is 4. The first kappa shape index (κ1) is 16.6. The lowest BCUT2D eigenvalue weighted by Gasteiger charge is -2.34. The average molecular weight is 304 g/mol. The van der Waals surface area contributed by atoms with Crippen molar-refractivity contribution in [3.8, 4) is 11.5 Å². The Morgan fingerprint density at radius 3 is 2.41 bits per heavy atom. The smallest absolute Gasteiger partial charge is 0.123 e. The second kappa shape index (κ2) is 6.55. The highest BCUT2D eigenvalue weighted by atomic mass is 16.5. The summed E-state index contributed by atoms with van der Waals surface area (Å²) in [6.45, 7) is 8.09. The summed E-state index contributed by atoms with van der Waals surface area (Å²) < 4.78 is 5.03. The monoisotopic (exact) mass is 304 g/mol. The van der Waals surface area contributed by atoms with Crippen LogP contribution in [-0.2, 0) is 11.3 Å². The van der Waals surface area contributed by atoms with Gasteiger partial charge in [0.2, 0.25) is 0 Å². The zero-order valence-electron chi connectivity index (χ0n) is 13.3. The molecule has 0 aromatic heterocycles. The summed E-state index contributed by atoms with van der Waals surface area (Å²) in [5.41, 5.74) is 2.97. The summed E-state index contributed by atoms with van der Waals surface area (Å²) in [5, 5.41) is 30.8. The molecule has 1 aliphatic carbocycles. The summed E-state index contributed by atoms with van der Waals surface area (Å²) in [6, 6.07) is 3.23. The van der Waals surface area contributed by atoms with Crippen molar-refractivity contribution in [3.05, 3.63) is 47.1 Å². The first-order valence-electron chi connectivity index (χ1n) is 7.40. The van der Waals surface area contributed by atoms with Crippen molar-refractivity contribution in [1.29, 1.82) is 0 Å². The van der Waals surface area contributed by atoms with Crippen molar-refractivity contribution in [2.45, 2.75) is 38.9 Å². The van der Waals surface area contributed by atoms with Gasteiger partial charge in [0.25, 0.3) is 0 Å². The Morgan fingerprint density at radius 1 is 1.32 bits per heavy atom. The lowest BCUT2D eigenvalue weighted by molar-refractivity contribution is 0.168. The van der Waals surface area contributed by atoms with Crippen molar-refractivity contribution in [2.24, 2.45) is 5.92 Å². The number of aliphatic hydroxyl groups is 1. The van der Waals surface area contributed by atoms with Crippen molar-refractivity contribution in [1.82, 2.24) is 0 Å². The van der Waals surface area contributed by atoms with Gasteiger partial charge in [0.1, 0.15) is 11.5 Å². The predicted molar refractivity (Wildman–Crippen MR) is 85.9 cm³/mol. The number of phenols is 2. The number of methoxy groups -OCH3 is 1. The normalized spacial score (nSPS) is 24.9. The van der Waals surface area contributed by atoms with E-state index in [1.54, 1.807) is 19.2 Å². The summed E-state index contributed by atoms with van der Waals surface area (Å²) in [4.78, 5) is 0. The van der Waals surface area contributed by atoms with Crippen molar-refractivity contribution in [2.75, 3.05) is 7.11 Å². The molecule has 4 heteroatoms. The van der Waals surface area contributed by atoms with Crippen molar-refractivity contribution >= 4 is 0 Å². The van der Waals surface area contributed by atoms with Gasteiger partial charge in [-0.3, -0.25) is 0 Å². The van der Waals surface area contributed by atoms with Crippen LogP contribution in [0.15, 0.2) is 35.9 Å². The standard InChI is InChI=1S/C18H24O4/c1-10(2)13-8-15(19)11(3)5-14(13)18-16(20)6-12(9-22-4)7-17(18)21/h5-7,13-15,19-21H,1,8-9H2,2-4H3/t13-,14+,15-/m0/s1. The van der Waals surface area contributed by atoms with Gasteiger partial charge >= 0.3 is 0 Å².